The first kappa shape index (κ1) is 16.7. The normalized spacial score (nSPS) is 11.1. The molecule has 0 atom stereocenters. The van der Waals surface area contributed by atoms with Crippen LogP contribution in [0.2, 0.25) is 0 Å². The van der Waals surface area contributed by atoms with Crippen molar-refractivity contribution in [1.29, 1.82) is 0 Å². The maximum atomic E-state index is 13.1. The van der Waals surface area contributed by atoms with E-state index < -0.39 is 6.43 Å². The van der Waals surface area contributed by atoms with Gasteiger partial charge < -0.3 is 20.1 Å². The summed E-state index contributed by atoms with van der Waals surface area (Å²) in [7, 11) is 3.21. The van der Waals surface area contributed by atoms with Crippen LogP contribution in [0.1, 0.15) is 18.4 Å². The number of nitrogens with two attached hydrogens (primary N) is 1. The van der Waals surface area contributed by atoms with Crippen molar-refractivity contribution in [3.05, 3.63) is 23.8 Å². The van der Waals surface area contributed by atoms with E-state index >= 15 is 0 Å². The summed E-state index contributed by atoms with van der Waals surface area (Å²) in [4.78, 5) is 1.88. The number of hydrogen-bond acceptors (Lipinski definition) is 4. The average molecular weight is 288 g/mol. The van der Waals surface area contributed by atoms with E-state index in [0.717, 1.165) is 6.42 Å². The summed E-state index contributed by atoms with van der Waals surface area (Å²) in [6.07, 6.45) is -1.80. The molecule has 0 aliphatic rings. The summed E-state index contributed by atoms with van der Waals surface area (Å²) < 4.78 is 36.3. The molecule has 0 aliphatic heterocycles. The van der Waals surface area contributed by atoms with Gasteiger partial charge in [-0.3, -0.25) is 0 Å². The molecule has 2 N–H and O–H groups in total. The number of hydrogen-bond donors (Lipinski definition) is 1. The van der Waals surface area contributed by atoms with E-state index in [0.29, 0.717) is 37.7 Å². The Kier molecular flexibility index (Phi) is 7.25. The molecular weight excluding hydrogens is 266 g/mol. The second-order valence-electron chi connectivity index (χ2n) is 4.45. The number of anilines is 2. The van der Waals surface area contributed by atoms with Gasteiger partial charge in [0.2, 0.25) is 0 Å². The molecule has 0 saturated heterocycles. The Bertz CT molecular complexity index is 403. The van der Waals surface area contributed by atoms with Gasteiger partial charge in [-0.15, -0.1) is 0 Å². The Morgan fingerprint density at radius 3 is 2.45 bits per heavy atom. The number of halogens is 2. The minimum atomic E-state index is -2.55. The van der Waals surface area contributed by atoms with Crippen molar-refractivity contribution in [2.75, 3.05) is 51.2 Å². The van der Waals surface area contributed by atoms with E-state index in [1.807, 2.05) is 4.90 Å². The van der Waals surface area contributed by atoms with Crippen molar-refractivity contribution in [2.24, 2.45) is 0 Å². The van der Waals surface area contributed by atoms with E-state index in [1.165, 1.54) is 6.07 Å². The van der Waals surface area contributed by atoms with Crippen LogP contribution in [0.25, 0.3) is 0 Å². The van der Waals surface area contributed by atoms with Gasteiger partial charge in [-0.1, -0.05) is 0 Å². The smallest absolute Gasteiger partial charge is 0.265 e. The van der Waals surface area contributed by atoms with Crippen LogP contribution in [0.15, 0.2) is 18.2 Å². The quantitative estimate of drug-likeness (QED) is 0.560. The Labute approximate surface area is 118 Å². The van der Waals surface area contributed by atoms with Crippen molar-refractivity contribution < 1.29 is 18.3 Å². The molecule has 0 heterocycles. The molecule has 114 valence electrons. The summed E-state index contributed by atoms with van der Waals surface area (Å²) in [5.41, 5.74) is 6.39. The highest BCUT2D eigenvalue weighted by atomic mass is 19.3. The zero-order chi connectivity index (χ0) is 15.0. The second-order valence-corrected chi connectivity index (χ2v) is 4.45. The standard InChI is InChI=1S/C14H22F2N2O2/c1-19-8-3-6-18(7-9-20-2)13-5-4-11(17)10-12(13)14(15)16/h4-5,10,14H,3,6-9,17H2,1-2H3. The number of nitrogen functional groups attached to an aromatic ring is 1. The van der Waals surface area contributed by atoms with E-state index in [9.17, 15) is 8.78 Å². The zero-order valence-electron chi connectivity index (χ0n) is 11.9. The summed E-state index contributed by atoms with van der Waals surface area (Å²) >= 11 is 0. The predicted molar refractivity (Wildman–Crippen MR) is 76.4 cm³/mol. The lowest BCUT2D eigenvalue weighted by Gasteiger charge is -2.27. The van der Waals surface area contributed by atoms with Crippen LogP contribution in [-0.2, 0) is 9.47 Å². The zero-order valence-corrected chi connectivity index (χ0v) is 11.9. The third kappa shape index (κ3) is 4.94. The Balaban J connectivity index is 2.92. The third-order valence-corrected chi connectivity index (χ3v) is 2.97. The van der Waals surface area contributed by atoms with Gasteiger partial charge in [0.1, 0.15) is 0 Å². The van der Waals surface area contributed by atoms with E-state index in [2.05, 4.69) is 0 Å². The molecule has 4 nitrogen and oxygen atoms in total. The Morgan fingerprint density at radius 2 is 1.85 bits per heavy atom. The van der Waals surface area contributed by atoms with Crippen molar-refractivity contribution >= 4 is 11.4 Å². The molecule has 1 aromatic rings. The van der Waals surface area contributed by atoms with Crippen LogP contribution >= 0.6 is 0 Å². The molecule has 0 amide bonds. The third-order valence-electron chi connectivity index (χ3n) is 2.97. The van der Waals surface area contributed by atoms with Crippen molar-refractivity contribution in [3.8, 4) is 0 Å². The Hall–Kier alpha value is -1.40. The predicted octanol–water partition coefficient (Wildman–Crippen LogP) is 2.70. The van der Waals surface area contributed by atoms with Gasteiger partial charge in [0.05, 0.1) is 6.61 Å². The first-order valence-corrected chi connectivity index (χ1v) is 6.50. The maximum Gasteiger partial charge on any atom is 0.265 e. The van der Waals surface area contributed by atoms with Crippen molar-refractivity contribution in [1.82, 2.24) is 0 Å². The molecule has 0 radical (unpaired) electrons. The van der Waals surface area contributed by atoms with E-state index in [4.69, 9.17) is 15.2 Å². The van der Waals surface area contributed by atoms with Crippen LogP contribution in [0, 0.1) is 0 Å². The number of benzene rings is 1. The van der Waals surface area contributed by atoms with Crippen LogP contribution in [0.3, 0.4) is 0 Å². The molecule has 0 spiro atoms. The molecule has 0 unspecified atom stereocenters. The van der Waals surface area contributed by atoms with Crippen molar-refractivity contribution in [3.63, 3.8) is 0 Å². The number of ether oxygens (including phenoxy) is 2. The molecule has 6 heteroatoms. The molecule has 0 aliphatic carbocycles. The number of nitrogens with zero attached hydrogens (tertiary/aromatic N) is 1. The largest absolute Gasteiger partial charge is 0.399 e. The molecule has 1 rings (SSSR count). The lowest BCUT2D eigenvalue weighted by atomic mass is 10.1. The monoisotopic (exact) mass is 288 g/mol. The van der Waals surface area contributed by atoms with Gasteiger partial charge in [-0.05, 0) is 24.6 Å². The average Bonchev–Trinajstić information content (AvgIpc) is 2.43. The fraction of sp³-hybridized carbons (Fsp3) is 0.571. The fourth-order valence-corrected chi connectivity index (χ4v) is 1.99. The highest BCUT2D eigenvalue weighted by Crippen LogP contribution is 2.31. The number of methoxy groups -OCH3 is 2. The van der Waals surface area contributed by atoms with Gasteiger partial charge in [-0.2, -0.15) is 0 Å². The number of rotatable bonds is 9. The molecule has 0 saturated carbocycles. The van der Waals surface area contributed by atoms with E-state index in [1.54, 1.807) is 26.4 Å². The fourth-order valence-electron chi connectivity index (χ4n) is 1.99. The maximum absolute atomic E-state index is 13.1. The minimum absolute atomic E-state index is 0.0430. The highest BCUT2D eigenvalue weighted by molar-refractivity contribution is 5.60. The number of alkyl halides is 2. The van der Waals surface area contributed by atoms with Crippen molar-refractivity contribution in [2.45, 2.75) is 12.8 Å². The van der Waals surface area contributed by atoms with E-state index in [-0.39, 0.29) is 5.56 Å². The SMILES string of the molecule is COCCCN(CCOC)c1ccc(N)cc1C(F)F. The van der Waals surface area contributed by atoms with Gasteiger partial charge >= 0.3 is 0 Å². The second kappa shape index (κ2) is 8.71. The topological polar surface area (TPSA) is 47.7 Å². The molecule has 1 aromatic carbocycles. The van der Waals surface area contributed by atoms with Gasteiger partial charge in [-0.25, -0.2) is 8.78 Å². The van der Waals surface area contributed by atoms with Crippen LogP contribution in [0.5, 0.6) is 0 Å². The van der Waals surface area contributed by atoms with Gasteiger partial charge in [0.25, 0.3) is 6.43 Å². The van der Waals surface area contributed by atoms with Crippen LogP contribution < -0.4 is 10.6 Å². The lowest BCUT2D eigenvalue weighted by Crippen LogP contribution is -2.30. The molecular formula is C14H22F2N2O2. The van der Waals surface area contributed by atoms with Crippen LogP contribution in [0.4, 0.5) is 20.2 Å². The molecule has 0 aromatic heterocycles. The summed E-state index contributed by atoms with van der Waals surface area (Å²) in [6, 6.07) is 4.60. The summed E-state index contributed by atoms with van der Waals surface area (Å²) in [5, 5.41) is 0. The Morgan fingerprint density at radius 1 is 1.15 bits per heavy atom. The summed E-state index contributed by atoms with van der Waals surface area (Å²) in [6.45, 7) is 2.23. The van der Waals surface area contributed by atoms with Gasteiger partial charge in [0, 0.05) is 50.9 Å². The highest BCUT2D eigenvalue weighted by Gasteiger charge is 2.18. The first-order chi connectivity index (χ1) is 9.60. The lowest BCUT2D eigenvalue weighted by molar-refractivity contribution is 0.151. The first-order valence-electron chi connectivity index (χ1n) is 6.50. The molecule has 0 fully saturated rings. The molecule has 20 heavy (non-hydrogen) atoms. The minimum Gasteiger partial charge on any atom is -0.399 e. The molecule has 0 bridgehead atoms. The van der Waals surface area contributed by atoms with Crippen LogP contribution in [-0.4, -0.2) is 40.5 Å². The summed E-state index contributed by atoms with van der Waals surface area (Å²) in [5.74, 6) is 0. The van der Waals surface area contributed by atoms with Gasteiger partial charge in [0.15, 0.2) is 0 Å².